The second kappa shape index (κ2) is 7.31. The minimum Gasteiger partial charge on any atom is -0.497 e. The van der Waals surface area contributed by atoms with Crippen LogP contribution in [0.5, 0.6) is 17.2 Å². The SMILES string of the molecule is COc1ccc(C(=O)/C=C\c2ccc(OC)cc2OC)cc1. The fourth-order valence-corrected chi connectivity index (χ4v) is 1.97. The van der Waals surface area contributed by atoms with Crippen molar-refractivity contribution in [1.29, 1.82) is 0 Å². The Morgan fingerprint density at radius 2 is 1.50 bits per heavy atom. The molecule has 4 heteroatoms. The molecule has 0 heterocycles. The van der Waals surface area contributed by atoms with Crippen LogP contribution in [-0.4, -0.2) is 27.1 Å². The molecule has 0 aromatic heterocycles. The van der Waals surface area contributed by atoms with Gasteiger partial charge in [0.1, 0.15) is 17.2 Å². The van der Waals surface area contributed by atoms with Crippen LogP contribution in [0.1, 0.15) is 15.9 Å². The van der Waals surface area contributed by atoms with Crippen LogP contribution in [-0.2, 0) is 0 Å². The number of carbonyl (C=O) groups excluding carboxylic acids is 1. The summed E-state index contributed by atoms with van der Waals surface area (Å²) in [6, 6.07) is 12.4. The van der Waals surface area contributed by atoms with Gasteiger partial charge in [0, 0.05) is 17.2 Å². The van der Waals surface area contributed by atoms with E-state index in [1.54, 1.807) is 57.7 Å². The average molecular weight is 298 g/mol. The largest absolute Gasteiger partial charge is 0.497 e. The molecule has 4 nitrogen and oxygen atoms in total. The second-order valence-corrected chi connectivity index (χ2v) is 4.53. The smallest absolute Gasteiger partial charge is 0.185 e. The summed E-state index contributed by atoms with van der Waals surface area (Å²) < 4.78 is 15.5. The van der Waals surface area contributed by atoms with Gasteiger partial charge in [0.2, 0.25) is 0 Å². The molecule has 0 bridgehead atoms. The summed E-state index contributed by atoms with van der Waals surface area (Å²) in [4.78, 5) is 12.1. The molecule has 0 unspecified atom stereocenters. The summed E-state index contributed by atoms with van der Waals surface area (Å²) in [5.74, 6) is 1.99. The number of allylic oxidation sites excluding steroid dienone is 1. The number of ether oxygens (including phenoxy) is 3. The minimum atomic E-state index is -0.0828. The Morgan fingerprint density at radius 3 is 2.09 bits per heavy atom. The lowest BCUT2D eigenvalue weighted by atomic mass is 10.1. The molecular weight excluding hydrogens is 280 g/mol. The van der Waals surface area contributed by atoms with Gasteiger partial charge in [-0.15, -0.1) is 0 Å². The summed E-state index contributed by atoms with van der Waals surface area (Å²) in [5.41, 5.74) is 1.41. The van der Waals surface area contributed by atoms with E-state index in [-0.39, 0.29) is 5.78 Å². The summed E-state index contributed by atoms with van der Waals surface area (Å²) in [6.07, 6.45) is 3.25. The maximum atomic E-state index is 12.1. The number of methoxy groups -OCH3 is 3. The Kier molecular flexibility index (Phi) is 5.20. The Morgan fingerprint density at radius 1 is 0.864 bits per heavy atom. The van der Waals surface area contributed by atoms with Crippen molar-refractivity contribution < 1.29 is 19.0 Å². The van der Waals surface area contributed by atoms with E-state index in [4.69, 9.17) is 14.2 Å². The highest BCUT2D eigenvalue weighted by Gasteiger charge is 2.05. The first-order valence-corrected chi connectivity index (χ1v) is 6.76. The maximum Gasteiger partial charge on any atom is 0.185 e. The molecule has 0 N–H and O–H groups in total. The van der Waals surface area contributed by atoms with Gasteiger partial charge >= 0.3 is 0 Å². The lowest BCUT2D eigenvalue weighted by Crippen LogP contribution is -1.95. The molecule has 2 rings (SSSR count). The van der Waals surface area contributed by atoms with Gasteiger partial charge in [-0.3, -0.25) is 4.79 Å². The zero-order valence-electron chi connectivity index (χ0n) is 12.8. The predicted molar refractivity (Wildman–Crippen MR) is 85.9 cm³/mol. The van der Waals surface area contributed by atoms with E-state index in [9.17, 15) is 4.79 Å². The van der Waals surface area contributed by atoms with Crippen LogP contribution in [0.2, 0.25) is 0 Å². The standard InChI is InChI=1S/C18H18O4/c1-20-15-8-4-13(5-9-15)17(19)11-7-14-6-10-16(21-2)12-18(14)22-3/h4-12H,1-3H3/b11-7-. The molecule has 2 aromatic rings. The van der Waals surface area contributed by atoms with E-state index >= 15 is 0 Å². The number of ketones is 1. The molecule has 0 saturated heterocycles. The van der Waals surface area contributed by atoms with Gasteiger partial charge in [0.25, 0.3) is 0 Å². The van der Waals surface area contributed by atoms with Crippen molar-refractivity contribution in [2.75, 3.05) is 21.3 Å². The third-order valence-electron chi connectivity index (χ3n) is 3.23. The monoisotopic (exact) mass is 298 g/mol. The molecule has 0 aliphatic rings. The summed E-state index contributed by atoms with van der Waals surface area (Å²) in [5, 5.41) is 0. The van der Waals surface area contributed by atoms with E-state index in [0.29, 0.717) is 17.1 Å². The Hall–Kier alpha value is -2.75. The van der Waals surface area contributed by atoms with Gasteiger partial charge in [0.05, 0.1) is 21.3 Å². The molecule has 22 heavy (non-hydrogen) atoms. The Bertz CT molecular complexity index is 672. The zero-order chi connectivity index (χ0) is 15.9. The van der Waals surface area contributed by atoms with Crippen LogP contribution in [0.25, 0.3) is 6.08 Å². The van der Waals surface area contributed by atoms with Gasteiger partial charge in [-0.05, 0) is 48.6 Å². The molecule has 0 saturated carbocycles. The van der Waals surface area contributed by atoms with Crippen molar-refractivity contribution in [1.82, 2.24) is 0 Å². The van der Waals surface area contributed by atoms with Gasteiger partial charge in [-0.2, -0.15) is 0 Å². The van der Waals surface area contributed by atoms with E-state index in [1.165, 1.54) is 6.08 Å². The highest BCUT2D eigenvalue weighted by molar-refractivity contribution is 6.07. The van der Waals surface area contributed by atoms with Crippen molar-refractivity contribution in [2.45, 2.75) is 0 Å². The van der Waals surface area contributed by atoms with Crippen LogP contribution in [0, 0.1) is 0 Å². The molecular formula is C18H18O4. The highest BCUT2D eigenvalue weighted by Crippen LogP contribution is 2.25. The molecule has 114 valence electrons. The first kappa shape index (κ1) is 15.6. The van der Waals surface area contributed by atoms with Crippen molar-refractivity contribution in [3.8, 4) is 17.2 Å². The lowest BCUT2D eigenvalue weighted by molar-refractivity contribution is 0.104. The topological polar surface area (TPSA) is 44.8 Å². The lowest BCUT2D eigenvalue weighted by Gasteiger charge is -2.07. The fraction of sp³-hybridized carbons (Fsp3) is 0.167. The van der Waals surface area contributed by atoms with Gasteiger partial charge in [-0.1, -0.05) is 0 Å². The van der Waals surface area contributed by atoms with E-state index in [1.807, 2.05) is 12.1 Å². The number of benzene rings is 2. The molecule has 0 aliphatic heterocycles. The number of carbonyl (C=O) groups is 1. The summed E-state index contributed by atoms with van der Waals surface area (Å²) in [6.45, 7) is 0. The fourth-order valence-electron chi connectivity index (χ4n) is 1.97. The van der Waals surface area contributed by atoms with Crippen LogP contribution in [0.3, 0.4) is 0 Å². The Balaban J connectivity index is 2.18. The van der Waals surface area contributed by atoms with Crippen LogP contribution in [0.4, 0.5) is 0 Å². The number of hydrogen-bond acceptors (Lipinski definition) is 4. The van der Waals surface area contributed by atoms with Crippen LogP contribution in [0.15, 0.2) is 48.5 Å². The molecule has 0 radical (unpaired) electrons. The summed E-state index contributed by atoms with van der Waals surface area (Å²) in [7, 11) is 4.77. The predicted octanol–water partition coefficient (Wildman–Crippen LogP) is 3.61. The van der Waals surface area contributed by atoms with Crippen molar-refractivity contribution in [3.05, 3.63) is 59.7 Å². The number of hydrogen-bond donors (Lipinski definition) is 0. The zero-order valence-corrected chi connectivity index (χ0v) is 12.8. The van der Waals surface area contributed by atoms with Gasteiger partial charge in [0.15, 0.2) is 5.78 Å². The second-order valence-electron chi connectivity index (χ2n) is 4.53. The number of rotatable bonds is 6. The quantitative estimate of drug-likeness (QED) is 0.603. The third kappa shape index (κ3) is 3.67. The normalized spacial score (nSPS) is 10.5. The third-order valence-corrected chi connectivity index (χ3v) is 3.23. The first-order chi connectivity index (χ1) is 10.7. The van der Waals surface area contributed by atoms with E-state index in [2.05, 4.69) is 0 Å². The Labute approximate surface area is 129 Å². The van der Waals surface area contributed by atoms with Gasteiger partial charge in [-0.25, -0.2) is 0 Å². The summed E-state index contributed by atoms with van der Waals surface area (Å²) >= 11 is 0. The van der Waals surface area contributed by atoms with E-state index < -0.39 is 0 Å². The van der Waals surface area contributed by atoms with Gasteiger partial charge < -0.3 is 14.2 Å². The van der Waals surface area contributed by atoms with Crippen molar-refractivity contribution >= 4 is 11.9 Å². The average Bonchev–Trinajstić information content (AvgIpc) is 2.59. The van der Waals surface area contributed by atoms with E-state index in [0.717, 1.165) is 11.3 Å². The van der Waals surface area contributed by atoms with Crippen molar-refractivity contribution in [3.63, 3.8) is 0 Å². The van der Waals surface area contributed by atoms with Crippen molar-refractivity contribution in [2.24, 2.45) is 0 Å². The molecule has 0 spiro atoms. The van der Waals surface area contributed by atoms with Crippen LogP contribution >= 0.6 is 0 Å². The molecule has 2 aromatic carbocycles. The minimum absolute atomic E-state index is 0.0828. The molecule has 0 aliphatic carbocycles. The maximum absolute atomic E-state index is 12.1. The first-order valence-electron chi connectivity index (χ1n) is 6.76. The molecule has 0 atom stereocenters. The highest BCUT2D eigenvalue weighted by atomic mass is 16.5. The molecule has 0 amide bonds. The van der Waals surface area contributed by atoms with Crippen LogP contribution < -0.4 is 14.2 Å². The molecule has 0 fully saturated rings.